The zero-order valence-electron chi connectivity index (χ0n) is 18.9. The van der Waals surface area contributed by atoms with Gasteiger partial charge in [-0.05, 0) is 30.3 Å². The lowest BCUT2D eigenvalue weighted by molar-refractivity contribution is -0.137. The Morgan fingerprint density at radius 2 is 1.68 bits per heavy atom. The molecular weight excluding hydrogens is 451 g/mol. The van der Waals surface area contributed by atoms with E-state index in [9.17, 15) is 13.2 Å². The molecule has 0 aliphatic carbocycles. The van der Waals surface area contributed by atoms with Crippen LogP contribution in [0.1, 0.15) is 5.56 Å². The molecule has 1 saturated heterocycles. The predicted octanol–water partition coefficient (Wildman–Crippen LogP) is 4.15. The lowest BCUT2D eigenvalue weighted by Gasteiger charge is -2.26. The number of benzene rings is 2. The number of hydrogen-bond donors (Lipinski definition) is 2. The number of alkyl halides is 3. The van der Waals surface area contributed by atoms with Crippen LogP contribution < -0.4 is 20.1 Å². The number of hydrogen-bond acceptors (Lipinski definition) is 8. The first-order valence-electron chi connectivity index (χ1n) is 10.8. The summed E-state index contributed by atoms with van der Waals surface area (Å²) in [5, 5.41) is 7.09. The zero-order valence-corrected chi connectivity index (χ0v) is 18.9. The molecule has 0 bridgehead atoms. The first-order chi connectivity index (χ1) is 16.4. The number of nitrogens with zero attached hydrogens (tertiary/aromatic N) is 3. The molecule has 8 nitrogen and oxygen atoms in total. The van der Waals surface area contributed by atoms with Gasteiger partial charge in [0.15, 0.2) is 11.5 Å². The molecule has 1 aliphatic heterocycles. The van der Waals surface area contributed by atoms with Crippen LogP contribution in [-0.2, 0) is 10.9 Å². The first-order valence-corrected chi connectivity index (χ1v) is 10.8. The molecule has 3 aromatic rings. The van der Waals surface area contributed by atoms with Gasteiger partial charge in [0.05, 0.1) is 38.5 Å². The van der Waals surface area contributed by atoms with Crippen molar-refractivity contribution in [1.82, 2.24) is 14.9 Å². The van der Waals surface area contributed by atoms with Crippen molar-refractivity contribution in [2.24, 2.45) is 0 Å². The summed E-state index contributed by atoms with van der Waals surface area (Å²) >= 11 is 0. The van der Waals surface area contributed by atoms with E-state index in [0.717, 1.165) is 37.2 Å². The van der Waals surface area contributed by atoms with Crippen LogP contribution in [0.15, 0.2) is 36.4 Å². The minimum Gasteiger partial charge on any atom is -0.493 e. The van der Waals surface area contributed by atoms with E-state index < -0.39 is 11.7 Å². The molecule has 2 heterocycles. The van der Waals surface area contributed by atoms with Gasteiger partial charge in [0, 0.05) is 43.3 Å². The summed E-state index contributed by atoms with van der Waals surface area (Å²) in [4.78, 5) is 11.4. The molecule has 1 aromatic heterocycles. The van der Waals surface area contributed by atoms with Crippen molar-refractivity contribution >= 4 is 28.4 Å². The fraction of sp³-hybridized carbons (Fsp3) is 0.391. The standard InChI is InChI=1S/C23H26F3N5O3/c1-32-19-13-17-18(14-20(19)33-2)29-22(28-16-5-3-15(4-6-16)23(24,25)26)30-21(17)27-7-8-31-9-11-34-12-10-31/h3-6,13-14H,7-12H2,1-2H3,(H2,27,28,29,30). The summed E-state index contributed by atoms with van der Waals surface area (Å²) < 4.78 is 54.8. The van der Waals surface area contributed by atoms with Crippen LogP contribution in [0.25, 0.3) is 10.9 Å². The first kappa shape index (κ1) is 23.8. The highest BCUT2D eigenvalue weighted by Crippen LogP contribution is 2.35. The van der Waals surface area contributed by atoms with Gasteiger partial charge in [-0.3, -0.25) is 4.90 Å². The monoisotopic (exact) mass is 477 g/mol. The molecule has 0 saturated carbocycles. The molecule has 0 atom stereocenters. The van der Waals surface area contributed by atoms with Gasteiger partial charge in [-0.1, -0.05) is 0 Å². The van der Waals surface area contributed by atoms with Gasteiger partial charge in [0.2, 0.25) is 5.95 Å². The van der Waals surface area contributed by atoms with Crippen molar-refractivity contribution in [2.45, 2.75) is 6.18 Å². The summed E-state index contributed by atoms with van der Waals surface area (Å²) in [6.45, 7) is 4.63. The molecule has 0 amide bonds. The van der Waals surface area contributed by atoms with E-state index >= 15 is 0 Å². The molecule has 0 unspecified atom stereocenters. The Labute approximate surface area is 195 Å². The number of methoxy groups -OCH3 is 2. The third-order valence-corrected chi connectivity index (χ3v) is 5.49. The second-order valence-electron chi connectivity index (χ2n) is 7.70. The van der Waals surface area contributed by atoms with E-state index in [4.69, 9.17) is 14.2 Å². The van der Waals surface area contributed by atoms with E-state index in [1.165, 1.54) is 19.2 Å². The fourth-order valence-corrected chi connectivity index (χ4v) is 3.68. The van der Waals surface area contributed by atoms with Crippen LogP contribution in [0, 0.1) is 0 Å². The SMILES string of the molecule is COc1cc2nc(Nc3ccc(C(F)(F)F)cc3)nc(NCCN3CCOCC3)c2cc1OC. The summed E-state index contributed by atoms with van der Waals surface area (Å²) in [5.41, 5.74) is 0.308. The maximum Gasteiger partial charge on any atom is 0.416 e. The minimum absolute atomic E-state index is 0.244. The number of fused-ring (bicyclic) bond motifs is 1. The molecule has 11 heteroatoms. The van der Waals surface area contributed by atoms with Gasteiger partial charge >= 0.3 is 6.18 Å². The van der Waals surface area contributed by atoms with Crippen LogP contribution in [0.5, 0.6) is 11.5 Å². The van der Waals surface area contributed by atoms with Crippen LogP contribution in [0.3, 0.4) is 0 Å². The largest absolute Gasteiger partial charge is 0.493 e. The Hall–Kier alpha value is -3.31. The summed E-state index contributed by atoms with van der Waals surface area (Å²) in [5.74, 6) is 1.87. The van der Waals surface area contributed by atoms with Gasteiger partial charge in [0.25, 0.3) is 0 Å². The number of nitrogens with one attached hydrogen (secondary N) is 2. The number of aromatic nitrogens is 2. The molecule has 2 N–H and O–H groups in total. The molecule has 182 valence electrons. The van der Waals surface area contributed by atoms with Crippen LogP contribution in [0.4, 0.5) is 30.6 Å². The van der Waals surface area contributed by atoms with E-state index in [1.807, 2.05) is 0 Å². The highest BCUT2D eigenvalue weighted by molar-refractivity contribution is 5.93. The van der Waals surface area contributed by atoms with E-state index in [0.29, 0.717) is 48.3 Å². The van der Waals surface area contributed by atoms with Crippen molar-refractivity contribution in [1.29, 1.82) is 0 Å². The van der Waals surface area contributed by atoms with Gasteiger partial charge in [-0.2, -0.15) is 18.2 Å². The topological polar surface area (TPSA) is 80.8 Å². The van der Waals surface area contributed by atoms with Crippen LogP contribution >= 0.6 is 0 Å². The Morgan fingerprint density at radius 1 is 1.00 bits per heavy atom. The number of ether oxygens (including phenoxy) is 3. The quantitative estimate of drug-likeness (QED) is 0.501. The molecular formula is C23H26F3N5O3. The van der Waals surface area contributed by atoms with Crippen LogP contribution in [0.2, 0.25) is 0 Å². The molecule has 1 aliphatic rings. The lowest BCUT2D eigenvalue weighted by Crippen LogP contribution is -2.39. The Morgan fingerprint density at radius 3 is 2.32 bits per heavy atom. The van der Waals surface area contributed by atoms with Crippen molar-refractivity contribution in [3.63, 3.8) is 0 Å². The second kappa shape index (κ2) is 10.3. The van der Waals surface area contributed by atoms with E-state index in [-0.39, 0.29) is 5.95 Å². The Balaban J connectivity index is 1.61. The highest BCUT2D eigenvalue weighted by Gasteiger charge is 2.30. The number of halogens is 3. The fourth-order valence-electron chi connectivity index (χ4n) is 3.68. The van der Waals surface area contributed by atoms with Crippen molar-refractivity contribution < 1.29 is 27.4 Å². The molecule has 4 rings (SSSR count). The zero-order chi connectivity index (χ0) is 24.1. The van der Waals surface area contributed by atoms with E-state index in [2.05, 4.69) is 25.5 Å². The normalized spacial score (nSPS) is 14.7. The number of anilines is 3. The van der Waals surface area contributed by atoms with Gasteiger partial charge in [-0.25, -0.2) is 4.98 Å². The average Bonchev–Trinajstić information content (AvgIpc) is 2.83. The van der Waals surface area contributed by atoms with Crippen molar-refractivity contribution in [3.05, 3.63) is 42.0 Å². The summed E-state index contributed by atoms with van der Waals surface area (Å²) in [6.07, 6.45) is -4.40. The predicted molar refractivity (Wildman–Crippen MR) is 123 cm³/mol. The van der Waals surface area contributed by atoms with E-state index in [1.54, 1.807) is 19.2 Å². The molecule has 34 heavy (non-hydrogen) atoms. The maximum atomic E-state index is 12.9. The molecule has 1 fully saturated rings. The second-order valence-corrected chi connectivity index (χ2v) is 7.70. The summed E-state index contributed by atoms with van der Waals surface area (Å²) in [7, 11) is 3.09. The smallest absolute Gasteiger partial charge is 0.416 e. The van der Waals surface area contributed by atoms with Gasteiger partial charge < -0.3 is 24.8 Å². The molecule has 0 spiro atoms. The van der Waals surface area contributed by atoms with Crippen molar-refractivity contribution in [2.75, 3.05) is 64.2 Å². The number of morpholine rings is 1. The van der Waals surface area contributed by atoms with Gasteiger partial charge in [-0.15, -0.1) is 0 Å². The van der Waals surface area contributed by atoms with Crippen LogP contribution in [-0.4, -0.2) is 68.5 Å². The highest BCUT2D eigenvalue weighted by atomic mass is 19.4. The lowest BCUT2D eigenvalue weighted by atomic mass is 10.2. The minimum atomic E-state index is -4.40. The van der Waals surface area contributed by atoms with Gasteiger partial charge in [0.1, 0.15) is 5.82 Å². The third-order valence-electron chi connectivity index (χ3n) is 5.49. The molecule has 0 radical (unpaired) electrons. The van der Waals surface area contributed by atoms with Crippen molar-refractivity contribution in [3.8, 4) is 11.5 Å². The molecule has 2 aromatic carbocycles. The summed E-state index contributed by atoms with van der Waals surface area (Å²) in [6, 6.07) is 8.25. The number of rotatable bonds is 8. The third kappa shape index (κ3) is 5.60. The average molecular weight is 477 g/mol. The Kier molecular flexibility index (Phi) is 7.23. The maximum absolute atomic E-state index is 12.9. The Bertz CT molecular complexity index is 1120.